The zero-order valence-corrected chi connectivity index (χ0v) is 14.7. The summed E-state index contributed by atoms with van der Waals surface area (Å²) in [5.41, 5.74) is 0.529. The smallest absolute Gasteiger partial charge is 0.335 e. The van der Waals surface area contributed by atoms with E-state index in [-0.39, 0.29) is 11.1 Å². The molecule has 1 aromatic carbocycles. The molecule has 1 heterocycles. The third-order valence-electron chi connectivity index (χ3n) is 3.21. The van der Waals surface area contributed by atoms with Gasteiger partial charge in [0, 0.05) is 29.8 Å². The number of amides is 1. The Hall–Kier alpha value is -1.93. The molecule has 0 aliphatic rings. The van der Waals surface area contributed by atoms with Crippen LogP contribution < -0.4 is 5.32 Å². The number of aryl methyl sites for hydroxylation is 1. The van der Waals surface area contributed by atoms with Crippen LogP contribution in [0.15, 0.2) is 33.9 Å². The summed E-state index contributed by atoms with van der Waals surface area (Å²) in [7, 11) is -3.46. The quantitative estimate of drug-likeness (QED) is 0.714. The minimum absolute atomic E-state index is 0.160. The predicted octanol–water partition coefficient (Wildman–Crippen LogP) is 2.27. The van der Waals surface area contributed by atoms with Crippen molar-refractivity contribution in [3.63, 3.8) is 0 Å². The van der Waals surface area contributed by atoms with E-state index in [0.29, 0.717) is 29.4 Å². The van der Waals surface area contributed by atoms with Crippen molar-refractivity contribution in [2.45, 2.75) is 30.9 Å². The van der Waals surface area contributed by atoms with Crippen molar-refractivity contribution in [1.82, 2.24) is 15.5 Å². The first-order valence-corrected chi connectivity index (χ1v) is 9.69. The van der Waals surface area contributed by atoms with E-state index in [1.807, 2.05) is 0 Å². The number of unbranched alkanes of at least 4 members (excludes halogenated alkanes) is 2. The molecule has 9 heteroatoms. The Morgan fingerprint density at radius 2 is 2.04 bits per heavy atom. The van der Waals surface area contributed by atoms with Crippen molar-refractivity contribution >= 4 is 27.3 Å². The molecule has 0 unspecified atom stereocenters. The molecule has 1 N–H and O–H groups in total. The average Bonchev–Trinajstić information content (AvgIpc) is 2.99. The standard InChI is InChI=1S/C15H18ClN3O4S/c1-24(21,22)15-19-18-13(23-15)8-3-2-4-9-17-14(20)11-6-5-7-12(16)10-11/h5-7,10H,2-4,8-9H2,1H3,(H,17,20). The molecular formula is C15H18ClN3O4S. The van der Waals surface area contributed by atoms with E-state index in [9.17, 15) is 13.2 Å². The highest BCUT2D eigenvalue weighted by Gasteiger charge is 2.16. The number of halogens is 1. The summed E-state index contributed by atoms with van der Waals surface area (Å²) in [5.74, 6) is 0.144. The number of benzene rings is 1. The maximum Gasteiger partial charge on any atom is 0.335 e. The maximum absolute atomic E-state index is 11.9. The van der Waals surface area contributed by atoms with E-state index in [4.69, 9.17) is 16.0 Å². The third-order valence-corrected chi connectivity index (χ3v) is 4.24. The number of nitrogens with one attached hydrogen (secondary N) is 1. The Morgan fingerprint density at radius 3 is 2.71 bits per heavy atom. The van der Waals surface area contributed by atoms with Crippen LogP contribution in [0.25, 0.3) is 0 Å². The number of carbonyl (C=O) groups is 1. The number of aromatic nitrogens is 2. The van der Waals surface area contributed by atoms with E-state index in [2.05, 4.69) is 15.5 Å². The highest BCUT2D eigenvalue weighted by molar-refractivity contribution is 7.90. The molecule has 0 aliphatic heterocycles. The van der Waals surface area contributed by atoms with Gasteiger partial charge in [-0.25, -0.2) is 8.42 Å². The van der Waals surface area contributed by atoms with Crippen LogP contribution in [-0.2, 0) is 16.3 Å². The fourth-order valence-electron chi connectivity index (χ4n) is 2.00. The van der Waals surface area contributed by atoms with E-state index in [1.54, 1.807) is 24.3 Å². The normalized spacial score (nSPS) is 11.4. The van der Waals surface area contributed by atoms with E-state index in [1.165, 1.54) is 0 Å². The topological polar surface area (TPSA) is 102 Å². The molecular weight excluding hydrogens is 354 g/mol. The van der Waals surface area contributed by atoms with E-state index >= 15 is 0 Å². The summed E-state index contributed by atoms with van der Waals surface area (Å²) >= 11 is 5.84. The van der Waals surface area contributed by atoms with E-state index < -0.39 is 9.84 Å². The van der Waals surface area contributed by atoms with Gasteiger partial charge in [-0.15, -0.1) is 5.10 Å². The second-order valence-corrected chi connectivity index (χ2v) is 7.64. The lowest BCUT2D eigenvalue weighted by molar-refractivity contribution is 0.0953. The number of hydrogen-bond donors (Lipinski definition) is 1. The molecule has 1 aromatic heterocycles. The lowest BCUT2D eigenvalue weighted by Gasteiger charge is -2.05. The number of carbonyl (C=O) groups excluding carboxylic acids is 1. The monoisotopic (exact) mass is 371 g/mol. The Balaban J connectivity index is 1.65. The number of nitrogens with zero attached hydrogens (tertiary/aromatic N) is 2. The molecule has 0 radical (unpaired) electrons. The summed E-state index contributed by atoms with van der Waals surface area (Å²) in [6, 6.07) is 6.76. The van der Waals surface area contributed by atoms with Crippen molar-refractivity contribution in [3.05, 3.63) is 40.7 Å². The first-order chi connectivity index (χ1) is 11.4. The van der Waals surface area contributed by atoms with Crippen LogP contribution >= 0.6 is 11.6 Å². The summed E-state index contributed by atoms with van der Waals surface area (Å²) in [6.07, 6.45) is 3.92. The molecule has 2 rings (SSSR count). The van der Waals surface area contributed by atoms with Crippen LogP contribution in [0, 0.1) is 0 Å². The van der Waals surface area contributed by atoms with Crippen LogP contribution in [0.3, 0.4) is 0 Å². The first kappa shape index (κ1) is 18.4. The number of sulfone groups is 1. The predicted molar refractivity (Wildman–Crippen MR) is 88.7 cm³/mol. The van der Waals surface area contributed by atoms with Crippen LogP contribution in [-0.4, -0.2) is 37.3 Å². The maximum atomic E-state index is 11.9. The fourth-order valence-corrected chi connectivity index (χ4v) is 2.63. The third kappa shape index (κ3) is 5.61. The van der Waals surface area contributed by atoms with Crippen molar-refractivity contribution in [1.29, 1.82) is 0 Å². The van der Waals surface area contributed by atoms with Gasteiger partial charge in [0.15, 0.2) is 0 Å². The van der Waals surface area contributed by atoms with Crippen molar-refractivity contribution in [3.8, 4) is 0 Å². The number of hydrogen-bond acceptors (Lipinski definition) is 6. The lowest BCUT2D eigenvalue weighted by atomic mass is 10.2. The van der Waals surface area contributed by atoms with Crippen molar-refractivity contribution < 1.29 is 17.6 Å². The minimum Gasteiger partial charge on any atom is -0.413 e. The van der Waals surface area contributed by atoms with Crippen LogP contribution in [0.5, 0.6) is 0 Å². The molecule has 0 aliphatic carbocycles. The van der Waals surface area contributed by atoms with Gasteiger partial charge < -0.3 is 9.73 Å². The molecule has 130 valence electrons. The molecule has 7 nitrogen and oxygen atoms in total. The van der Waals surface area contributed by atoms with Gasteiger partial charge in [0.2, 0.25) is 15.7 Å². The Labute approximate surface area is 145 Å². The Kier molecular flexibility index (Phi) is 6.33. The second kappa shape index (κ2) is 8.25. The van der Waals surface area contributed by atoms with Gasteiger partial charge in [0.05, 0.1) is 0 Å². The zero-order valence-electron chi connectivity index (χ0n) is 13.2. The Morgan fingerprint density at radius 1 is 1.25 bits per heavy atom. The Bertz CT molecular complexity index is 805. The fraction of sp³-hybridized carbons (Fsp3) is 0.400. The second-order valence-electron chi connectivity index (χ2n) is 5.31. The van der Waals surface area contributed by atoms with Gasteiger partial charge in [-0.3, -0.25) is 4.79 Å². The van der Waals surface area contributed by atoms with Crippen LogP contribution in [0.4, 0.5) is 0 Å². The molecule has 0 saturated carbocycles. The zero-order chi connectivity index (χ0) is 17.6. The molecule has 0 fully saturated rings. The highest BCUT2D eigenvalue weighted by Crippen LogP contribution is 2.11. The van der Waals surface area contributed by atoms with Gasteiger partial charge in [0.1, 0.15) is 0 Å². The van der Waals surface area contributed by atoms with Crippen molar-refractivity contribution in [2.24, 2.45) is 0 Å². The number of rotatable bonds is 8. The lowest BCUT2D eigenvalue weighted by Crippen LogP contribution is -2.24. The molecule has 0 atom stereocenters. The molecule has 1 amide bonds. The largest absolute Gasteiger partial charge is 0.413 e. The van der Waals surface area contributed by atoms with Gasteiger partial charge in [-0.2, -0.15) is 0 Å². The SMILES string of the molecule is CS(=O)(=O)c1nnc(CCCCCNC(=O)c2cccc(Cl)c2)o1. The highest BCUT2D eigenvalue weighted by atomic mass is 35.5. The molecule has 2 aromatic rings. The molecule has 0 spiro atoms. The summed E-state index contributed by atoms with van der Waals surface area (Å²) in [6.45, 7) is 0.545. The summed E-state index contributed by atoms with van der Waals surface area (Å²) < 4.78 is 27.5. The minimum atomic E-state index is -3.46. The molecule has 0 saturated heterocycles. The first-order valence-electron chi connectivity index (χ1n) is 7.42. The van der Waals surface area contributed by atoms with Gasteiger partial charge in [-0.05, 0) is 31.0 Å². The van der Waals surface area contributed by atoms with E-state index in [0.717, 1.165) is 25.5 Å². The molecule has 24 heavy (non-hydrogen) atoms. The van der Waals surface area contributed by atoms with Gasteiger partial charge >= 0.3 is 5.22 Å². The summed E-state index contributed by atoms with van der Waals surface area (Å²) in [4.78, 5) is 11.9. The molecule has 0 bridgehead atoms. The van der Waals surface area contributed by atoms with Crippen LogP contribution in [0.2, 0.25) is 5.02 Å². The van der Waals surface area contributed by atoms with Gasteiger partial charge in [-0.1, -0.05) is 29.2 Å². The van der Waals surface area contributed by atoms with Crippen LogP contribution in [0.1, 0.15) is 35.5 Å². The average molecular weight is 372 g/mol. The van der Waals surface area contributed by atoms with Crippen molar-refractivity contribution in [2.75, 3.05) is 12.8 Å². The van der Waals surface area contributed by atoms with Gasteiger partial charge in [0.25, 0.3) is 5.91 Å². The summed E-state index contributed by atoms with van der Waals surface area (Å²) in [5, 5.41) is 10.2.